The summed E-state index contributed by atoms with van der Waals surface area (Å²) < 4.78 is 48.4. The second kappa shape index (κ2) is 6.88. The maximum absolute atomic E-state index is 12.7. The van der Waals surface area contributed by atoms with Gasteiger partial charge in [-0.3, -0.25) is 4.79 Å². The zero-order chi connectivity index (χ0) is 17.9. The van der Waals surface area contributed by atoms with E-state index in [-0.39, 0.29) is 13.3 Å². The van der Waals surface area contributed by atoms with E-state index in [1.54, 1.807) is 24.3 Å². The van der Waals surface area contributed by atoms with Gasteiger partial charge in [0.05, 0.1) is 5.56 Å². The van der Waals surface area contributed by atoms with Gasteiger partial charge < -0.3 is 14.8 Å². The van der Waals surface area contributed by atoms with E-state index in [1.807, 2.05) is 0 Å². The van der Waals surface area contributed by atoms with Gasteiger partial charge in [-0.15, -0.1) is 0 Å². The van der Waals surface area contributed by atoms with Crippen molar-refractivity contribution in [1.82, 2.24) is 5.32 Å². The summed E-state index contributed by atoms with van der Waals surface area (Å²) in [6, 6.07) is 10.1. The van der Waals surface area contributed by atoms with E-state index in [1.165, 1.54) is 18.2 Å². The van der Waals surface area contributed by atoms with Crippen LogP contribution in [0.1, 0.15) is 16.7 Å². The number of amides is 1. The number of halogens is 3. The molecule has 0 saturated carbocycles. The quantitative estimate of drug-likeness (QED) is 0.855. The van der Waals surface area contributed by atoms with Crippen LogP contribution < -0.4 is 14.8 Å². The molecule has 0 aliphatic carbocycles. The van der Waals surface area contributed by atoms with Crippen LogP contribution in [0, 0.1) is 0 Å². The highest BCUT2D eigenvalue weighted by atomic mass is 19.4. The fraction of sp³-hybridized carbons (Fsp3) is 0.167. The maximum atomic E-state index is 12.7. The van der Waals surface area contributed by atoms with Gasteiger partial charge in [-0.25, -0.2) is 0 Å². The van der Waals surface area contributed by atoms with Crippen LogP contribution in [0.4, 0.5) is 13.2 Å². The fourth-order valence-corrected chi connectivity index (χ4v) is 2.29. The maximum Gasteiger partial charge on any atom is 0.416 e. The summed E-state index contributed by atoms with van der Waals surface area (Å²) in [6.45, 7) is 0.175. The largest absolute Gasteiger partial charge is 0.454 e. The minimum atomic E-state index is -4.40. The van der Waals surface area contributed by atoms with Crippen molar-refractivity contribution in [3.8, 4) is 11.5 Å². The number of hydrogen-bond acceptors (Lipinski definition) is 3. The van der Waals surface area contributed by atoms with Gasteiger partial charge in [-0.05, 0) is 41.5 Å². The molecule has 130 valence electrons. The van der Waals surface area contributed by atoms with Crippen LogP contribution in [0.3, 0.4) is 0 Å². The number of fused-ring (bicyclic) bond motifs is 1. The number of alkyl halides is 3. The molecule has 0 spiro atoms. The molecule has 1 aliphatic rings. The lowest BCUT2D eigenvalue weighted by Gasteiger charge is -2.09. The minimum Gasteiger partial charge on any atom is -0.454 e. The standard InChI is InChI=1S/C18H14F3NO3/c19-18(20,21)14-3-1-2-13(8-14)10-22-17(23)7-5-12-4-6-15-16(9-12)25-11-24-15/h1-9H,10-11H2,(H,22,23)/b7-5+. The Balaban J connectivity index is 1.58. The highest BCUT2D eigenvalue weighted by Crippen LogP contribution is 2.32. The second-order valence-corrected chi connectivity index (χ2v) is 5.36. The van der Waals surface area contributed by atoms with Crippen LogP contribution in [0.25, 0.3) is 6.08 Å². The molecule has 2 aromatic rings. The molecule has 3 rings (SSSR count). The Morgan fingerprint density at radius 2 is 1.92 bits per heavy atom. The van der Waals surface area contributed by atoms with E-state index in [9.17, 15) is 18.0 Å². The Labute approximate surface area is 141 Å². The molecule has 1 amide bonds. The van der Waals surface area contributed by atoms with Gasteiger partial charge >= 0.3 is 6.18 Å². The van der Waals surface area contributed by atoms with Crippen molar-refractivity contribution in [1.29, 1.82) is 0 Å². The Morgan fingerprint density at radius 1 is 1.12 bits per heavy atom. The van der Waals surface area contributed by atoms with E-state index in [2.05, 4.69) is 5.32 Å². The normalized spacial score (nSPS) is 13.2. The SMILES string of the molecule is O=C(/C=C/c1ccc2c(c1)OCO2)NCc1cccc(C(F)(F)F)c1. The number of nitrogens with one attached hydrogen (secondary N) is 1. The first-order chi connectivity index (χ1) is 11.9. The van der Waals surface area contributed by atoms with E-state index in [0.29, 0.717) is 17.1 Å². The molecule has 0 aromatic heterocycles. The summed E-state index contributed by atoms with van der Waals surface area (Å²) in [5.74, 6) is 0.841. The van der Waals surface area contributed by atoms with Crippen molar-refractivity contribution in [2.45, 2.75) is 12.7 Å². The Bertz CT molecular complexity index is 815. The Kier molecular flexibility index (Phi) is 4.65. The highest BCUT2D eigenvalue weighted by Gasteiger charge is 2.30. The third-order valence-corrected chi connectivity index (χ3v) is 3.54. The summed E-state index contributed by atoms with van der Waals surface area (Å²) in [6.07, 6.45) is -1.51. The van der Waals surface area contributed by atoms with Crippen molar-refractivity contribution in [2.24, 2.45) is 0 Å². The zero-order valence-corrected chi connectivity index (χ0v) is 13.0. The molecule has 0 saturated heterocycles. The molecule has 25 heavy (non-hydrogen) atoms. The number of carbonyl (C=O) groups is 1. The average Bonchev–Trinajstić information content (AvgIpc) is 3.05. The van der Waals surface area contributed by atoms with E-state index in [0.717, 1.165) is 17.7 Å². The van der Waals surface area contributed by atoms with Crippen LogP contribution in [0.15, 0.2) is 48.5 Å². The van der Waals surface area contributed by atoms with Crippen LogP contribution >= 0.6 is 0 Å². The van der Waals surface area contributed by atoms with Crippen LogP contribution in [0.2, 0.25) is 0 Å². The molecule has 0 fully saturated rings. The lowest BCUT2D eigenvalue weighted by atomic mass is 10.1. The molecule has 1 aliphatic heterocycles. The number of carbonyl (C=O) groups excluding carboxylic acids is 1. The first kappa shape index (κ1) is 16.9. The fourth-order valence-electron chi connectivity index (χ4n) is 2.29. The molecule has 2 aromatic carbocycles. The summed E-state index contributed by atoms with van der Waals surface area (Å²) in [7, 11) is 0. The molecule has 7 heteroatoms. The third kappa shape index (κ3) is 4.32. The molecular weight excluding hydrogens is 335 g/mol. The smallest absolute Gasteiger partial charge is 0.416 e. The van der Waals surface area contributed by atoms with E-state index < -0.39 is 17.6 Å². The molecule has 0 atom stereocenters. The number of ether oxygens (including phenoxy) is 2. The summed E-state index contributed by atoms with van der Waals surface area (Å²) >= 11 is 0. The van der Waals surface area contributed by atoms with Gasteiger partial charge in [0.25, 0.3) is 0 Å². The molecule has 1 heterocycles. The van der Waals surface area contributed by atoms with Gasteiger partial charge in [0.2, 0.25) is 12.7 Å². The van der Waals surface area contributed by atoms with Crippen molar-refractivity contribution >= 4 is 12.0 Å². The van der Waals surface area contributed by atoms with Gasteiger partial charge in [0.15, 0.2) is 11.5 Å². The number of hydrogen-bond donors (Lipinski definition) is 1. The van der Waals surface area contributed by atoms with Crippen LogP contribution in [0.5, 0.6) is 11.5 Å². The molecule has 0 radical (unpaired) electrons. The van der Waals surface area contributed by atoms with Crippen molar-refractivity contribution in [3.05, 3.63) is 65.2 Å². The molecular formula is C18H14F3NO3. The van der Waals surface area contributed by atoms with Crippen LogP contribution in [-0.4, -0.2) is 12.7 Å². The average molecular weight is 349 g/mol. The summed E-state index contributed by atoms with van der Waals surface area (Å²) in [5, 5.41) is 2.55. The third-order valence-electron chi connectivity index (χ3n) is 3.54. The minimum absolute atomic E-state index is 0.00817. The van der Waals surface area contributed by atoms with Crippen molar-refractivity contribution in [3.63, 3.8) is 0 Å². The molecule has 0 unspecified atom stereocenters. The molecule has 4 nitrogen and oxygen atoms in total. The van der Waals surface area contributed by atoms with Gasteiger partial charge in [0, 0.05) is 12.6 Å². The Hall–Kier alpha value is -2.96. The Morgan fingerprint density at radius 3 is 2.72 bits per heavy atom. The first-order valence-electron chi connectivity index (χ1n) is 7.43. The first-order valence-corrected chi connectivity index (χ1v) is 7.43. The summed E-state index contributed by atoms with van der Waals surface area (Å²) in [4.78, 5) is 11.8. The summed E-state index contributed by atoms with van der Waals surface area (Å²) in [5.41, 5.74) is 0.383. The number of benzene rings is 2. The van der Waals surface area contributed by atoms with E-state index >= 15 is 0 Å². The topological polar surface area (TPSA) is 47.6 Å². The van der Waals surface area contributed by atoms with E-state index in [4.69, 9.17) is 9.47 Å². The van der Waals surface area contributed by atoms with Crippen LogP contribution in [-0.2, 0) is 17.5 Å². The molecule has 0 bridgehead atoms. The highest BCUT2D eigenvalue weighted by molar-refractivity contribution is 5.91. The van der Waals surface area contributed by atoms with Crippen molar-refractivity contribution in [2.75, 3.05) is 6.79 Å². The zero-order valence-electron chi connectivity index (χ0n) is 13.0. The lowest BCUT2D eigenvalue weighted by Crippen LogP contribution is -2.20. The molecule has 1 N–H and O–H groups in total. The second-order valence-electron chi connectivity index (χ2n) is 5.36. The van der Waals surface area contributed by atoms with Gasteiger partial charge in [-0.1, -0.05) is 18.2 Å². The monoisotopic (exact) mass is 349 g/mol. The van der Waals surface area contributed by atoms with Gasteiger partial charge in [0.1, 0.15) is 0 Å². The number of rotatable bonds is 4. The predicted octanol–water partition coefficient (Wildman–Crippen LogP) is 3.76. The predicted molar refractivity (Wildman–Crippen MR) is 84.9 cm³/mol. The van der Waals surface area contributed by atoms with Gasteiger partial charge in [-0.2, -0.15) is 13.2 Å². The lowest BCUT2D eigenvalue weighted by molar-refractivity contribution is -0.137. The van der Waals surface area contributed by atoms with Crippen molar-refractivity contribution < 1.29 is 27.4 Å².